The van der Waals surface area contributed by atoms with Crippen LogP contribution in [0, 0.1) is 0 Å². The number of amidine groups is 1. The Morgan fingerprint density at radius 2 is 2.04 bits per heavy atom. The van der Waals surface area contributed by atoms with Crippen molar-refractivity contribution in [3.05, 3.63) is 46.7 Å². The summed E-state index contributed by atoms with van der Waals surface area (Å²) in [5.41, 5.74) is 3.40. The third kappa shape index (κ3) is 2.89. The summed E-state index contributed by atoms with van der Waals surface area (Å²) in [5, 5.41) is 4.18. The number of rotatable bonds is 1. The maximum Gasteiger partial charge on any atom is 0.153 e. The molecule has 1 saturated heterocycles. The smallest absolute Gasteiger partial charge is 0.153 e. The molecule has 0 amide bonds. The summed E-state index contributed by atoms with van der Waals surface area (Å²) in [6.45, 7) is 4.79. The van der Waals surface area contributed by atoms with Gasteiger partial charge in [0.1, 0.15) is 0 Å². The Labute approximate surface area is 145 Å². The fraction of sp³-hybridized carbons (Fsp3) is 0.353. The van der Waals surface area contributed by atoms with Gasteiger partial charge in [-0.2, -0.15) is 0 Å². The van der Waals surface area contributed by atoms with Crippen molar-refractivity contribution in [1.29, 1.82) is 0 Å². The Kier molecular flexibility index (Phi) is 4.09. The van der Waals surface area contributed by atoms with Crippen LogP contribution in [0.2, 0.25) is 5.02 Å². The third-order valence-electron chi connectivity index (χ3n) is 4.36. The van der Waals surface area contributed by atoms with Crippen LogP contribution in [0.5, 0.6) is 0 Å². The Hall–Kier alpha value is -1.43. The zero-order chi connectivity index (χ0) is 15.8. The predicted molar refractivity (Wildman–Crippen MR) is 97.4 cm³/mol. The van der Waals surface area contributed by atoms with E-state index in [1.807, 2.05) is 18.2 Å². The van der Waals surface area contributed by atoms with Gasteiger partial charge < -0.3 is 14.8 Å². The van der Waals surface area contributed by atoms with Crippen LogP contribution in [0.4, 0.5) is 5.69 Å². The number of fused-ring (bicyclic) bond motifs is 2. The number of hydrogen-bond donors (Lipinski definition) is 1. The summed E-state index contributed by atoms with van der Waals surface area (Å²) in [7, 11) is 0. The monoisotopic (exact) mass is 346 g/mol. The largest absolute Gasteiger partial charge is 0.352 e. The van der Waals surface area contributed by atoms with E-state index in [2.05, 4.69) is 33.3 Å². The third-order valence-corrected chi connectivity index (χ3v) is 5.29. The Balaban J connectivity index is 1.85. The van der Waals surface area contributed by atoms with Crippen LogP contribution >= 0.6 is 23.4 Å². The molecule has 0 aliphatic carbocycles. The fourth-order valence-corrected chi connectivity index (χ4v) is 3.82. The van der Waals surface area contributed by atoms with Gasteiger partial charge in [0.2, 0.25) is 0 Å². The van der Waals surface area contributed by atoms with Gasteiger partial charge in [-0.1, -0.05) is 11.6 Å². The highest BCUT2D eigenvalue weighted by Crippen LogP contribution is 2.31. The van der Waals surface area contributed by atoms with Crippen molar-refractivity contribution in [3.63, 3.8) is 0 Å². The lowest BCUT2D eigenvalue weighted by atomic mass is 10.2. The number of nitrogens with zero attached hydrogens (tertiary/aromatic N) is 3. The molecule has 0 bridgehead atoms. The molecule has 3 heterocycles. The maximum absolute atomic E-state index is 6.19. The second-order valence-corrected chi connectivity index (χ2v) is 7.15. The number of aliphatic imine (C=N–C) groups is 1. The number of thioether (sulfide) groups is 1. The molecule has 4 nitrogen and oxygen atoms in total. The minimum atomic E-state index is 0.767. The summed E-state index contributed by atoms with van der Waals surface area (Å²) in [5.74, 6) is 1.08. The van der Waals surface area contributed by atoms with Gasteiger partial charge >= 0.3 is 0 Å². The topological polar surface area (TPSA) is 32.6 Å². The molecule has 0 saturated carbocycles. The molecule has 0 spiro atoms. The first kappa shape index (κ1) is 15.1. The van der Waals surface area contributed by atoms with Crippen molar-refractivity contribution >= 4 is 34.9 Å². The standard InChI is InChI=1S/C17H19ClN4S/c1-23-14-9-16-17(21-6-4-19-5-7-21)20-15-3-2-13(18)8-12(15)10-22(16)11-14/h2-3,8-9,11,19H,4-7,10H2,1H3. The van der Waals surface area contributed by atoms with Crippen molar-refractivity contribution in [1.82, 2.24) is 14.8 Å². The Morgan fingerprint density at radius 1 is 1.22 bits per heavy atom. The second kappa shape index (κ2) is 6.23. The minimum absolute atomic E-state index is 0.767. The van der Waals surface area contributed by atoms with Gasteiger partial charge in [0.25, 0.3) is 0 Å². The highest BCUT2D eigenvalue weighted by atomic mass is 35.5. The van der Waals surface area contributed by atoms with E-state index in [0.717, 1.165) is 49.3 Å². The lowest BCUT2D eigenvalue weighted by molar-refractivity contribution is 0.357. The van der Waals surface area contributed by atoms with E-state index in [-0.39, 0.29) is 0 Å². The molecule has 120 valence electrons. The molecule has 2 aliphatic heterocycles. The zero-order valence-corrected chi connectivity index (χ0v) is 14.6. The molecular formula is C17H19ClN4S. The van der Waals surface area contributed by atoms with Crippen molar-refractivity contribution in [2.75, 3.05) is 32.4 Å². The number of aromatic nitrogens is 1. The van der Waals surface area contributed by atoms with E-state index in [1.54, 1.807) is 11.8 Å². The fourth-order valence-electron chi connectivity index (χ4n) is 3.17. The Morgan fingerprint density at radius 3 is 2.83 bits per heavy atom. The molecule has 1 fully saturated rings. The molecule has 0 unspecified atom stereocenters. The van der Waals surface area contributed by atoms with E-state index in [0.29, 0.717) is 0 Å². The van der Waals surface area contributed by atoms with Crippen LogP contribution in [0.1, 0.15) is 11.3 Å². The first-order valence-electron chi connectivity index (χ1n) is 7.82. The first-order chi connectivity index (χ1) is 11.2. The van der Waals surface area contributed by atoms with Gasteiger partial charge in [0.05, 0.1) is 11.4 Å². The molecule has 2 aliphatic rings. The van der Waals surface area contributed by atoms with Crippen LogP contribution < -0.4 is 5.32 Å². The van der Waals surface area contributed by atoms with Gasteiger partial charge in [0.15, 0.2) is 5.84 Å². The molecule has 0 radical (unpaired) electrons. The van der Waals surface area contributed by atoms with Crippen molar-refractivity contribution in [2.24, 2.45) is 4.99 Å². The minimum Gasteiger partial charge on any atom is -0.352 e. The van der Waals surface area contributed by atoms with E-state index in [4.69, 9.17) is 16.6 Å². The molecule has 0 atom stereocenters. The van der Waals surface area contributed by atoms with Crippen LogP contribution in [0.25, 0.3) is 0 Å². The zero-order valence-electron chi connectivity index (χ0n) is 13.1. The summed E-state index contributed by atoms with van der Waals surface area (Å²) in [6, 6.07) is 8.23. The number of hydrogen-bond acceptors (Lipinski definition) is 4. The second-order valence-electron chi connectivity index (χ2n) is 5.84. The molecule has 23 heavy (non-hydrogen) atoms. The molecule has 1 aromatic heterocycles. The van der Waals surface area contributed by atoms with E-state index >= 15 is 0 Å². The Bertz CT molecular complexity index is 762. The number of piperazine rings is 1. The molecule has 1 aromatic carbocycles. The van der Waals surface area contributed by atoms with Gasteiger partial charge in [-0.25, -0.2) is 4.99 Å². The van der Waals surface area contributed by atoms with Crippen LogP contribution in [0.15, 0.2) is 40.4 Å². The number of halogens is 1. The van der Waals surface area contributed by atoms with Crippen molar-refractivity contribution in [2.45, 2.75) is 11.4 Å². The summed E-state index contributed by atoms with van der Waals surface area (Å²) in [6.07, 6.45) is 4.33. The predicted octanol–water partition coefficient (Wildman–Crippen LogP) is 3.21. The molecule has 6 heteroatoms. The molecule has 1 N–H and O–H groups in total. The van der Waals surface area contributed by atoms with Crippen LogP contribution in [-0.2, 0) is 6.54 Å². The molecule has 4 rings (SSSR count). The number of benzene rings is 1. The quantitative estimate of drug-likeness (QED) is 0.805. The maximum atomic E-state index is 6.19. The van der Waals surface area contributed by atoms with Gasteiger partial charge in [-0.3, -0.25) is 0 Å². The highest BCUT2D eigenvalue weighted by Gasteiger charge is 2.23. The first-order valence-corrected chi connectivity index (χ1v) is 9.42. The SMILES string of the molecule is CSc1cc2n(c1)Cc1cc(Cl)ccc1N=C2N1CCNCC1. The molecule has 2 aromatic rings. The summed E-state index contributed by atoms with van der Waals surface area (Å²) >= 11 is 7.96. The van der Waals surface area contributed by atoms with Gasteiger partial charge in [-0.05, 0) is 36.1 Å². The van der Waals surface area contributed by atoms with Crippen LogP contribution in [-0.4, -0.2) is 47.7 Å². The van der Waals surface area contributed by atoms with Crippen molar-refractivity contribution in [3.8, 4) is 0 Å². The van der Waals surface area contributed by atoms with Crippen LogP contribution in [0.3, 0.4) is 0 Å². The summed E-state index contributed by atoms with van der Waals surface area (Å²) in [4.78, 5) is 8.68. The highest BCUT2D eigenvalue weighted by molar-refractivity contribution is 7.98. The van der Waals surface area contributed by atoms with E-state index in [1.165, 1.54) is 16.2 Å². The van der Waals surface area contributed by atoms with Gasteiger partial charge in [-0.15, -0.1) is 11.8 Å². The van der Waals surface area contributed by atoms with E-state index < -0.39 is 0 Å². The summed E-state index contributed by atoms with van der Waals surface area (Å²) < 4.78 is 2.30. The lowest BCUT2D eigenvalue weighted by Crippen LogP contribution is -2.47. The lowest BCUT2D eigenvalue weighted by Gasteiger charge is -2.30. The van der Waals surface area contributed by atoms with E-state index in [9.17, 15) is 0 Å². The number of nitrogens with one attached hydrogen (secondary N) is 1. The average molecular weight is 347 g/mol. The normalized spacial score (nSPS) is 17.3. The average Bonchev–Trinajstić information content (AvgIpc) is 2.91. The van der Waals surface area contributed by atoms with Crippen molar-refractivity contribution < 1.29 is 0 Å². The van der Waals surface area contributed by atoms with Gasteiger partial charge in [0, 0.05) is 48.8 Å². The molecular weight excluding hydrogens is 328 g/mol.